The van der Waals surface area contributed by atoms with Gasteiger partial charge in [-0.15, -0.1) is 0 Å². The first-order valence-electron chi connectivity index (χ1n) is 5.85. The fourth-order valence-electron chi connectivity index (χ4n) is 1.49. The Morgan fingerprint density at radius 3 is 2.75 bits per heavy atom. The van der Waals surface area contributed by atoms with E-state index in [1.165, 1.54) is 6.07 Å². The number of carbonyl (C=O) groups is 1. The summed E-state index contributed by atoms with van der Waals surface area (Å²) in [5, 5.41) is 13.5. The van der Waals surface area contributed by atoms with Gasteiger partial charge in [0.1, 0.15) is 5.82 Å². The van der Waals surface area contributed by atoms with Gasteiger partial charge in [0.2, 0.25) is 5.91 Å². The summed E-state index contributed by atoms with van der Waals surface area (Å²) in [5.41, 5.74) is 3.80. The number of ether oxygens (including phenoxy) is 1. The molecule has 0 fully saturated rings. The van der Waals surface area contributed by atoms with Crippen LogP contribution in [0.25, 0.3) is 0 Å². The highest BCUT2D eigenvalue weighted by molar-refractivity contribution is 5.84. The Balaban J connectivity index is 2.76. The molecule has 1 atom stereocenters. The monoisotopic (exact) mass is 285 g/mol. The largest absolute Gasteiger partial charge is 0.487 e. The lowest BCUT2D eigenvalue weighted by molar-refractivity contribution is -0.386. The third kappa shape index (κ3) is 3.64. The van der Waals surface area contributed by atoms with Gasteiger partial charge in [0.15, 0.2) is 5.75 Å². The highest BCUT2D eigenvalue weighted by Gasteiger charge is 2.29. The second-order valence-corrected chi connectivity index (χ2v) is 4.41. The summed E-state index contributed by atoms with van der Waals surface area (Å²) < 4.78 is 18.2. The van der Waals surface area contributed by atoms with Crippen molar-refractivity contribution in [2.75, 3.05) is 13.7 Å². The van der Waals surface area contributed by atoms with Crippen LogP contribution in [0.1, 0.15) is 13.3 Å². The summed E-state index contributed by atoms with van der Waals surface area (Å²) in [5.74, 6) is -1.34. The van der Waals surface area contributed by atoms with E-state index in [4.69, 9.17) is 10.5 Å². The summed E-state index contributed by atoms with van der Waals surface area (Å²) in [6, 6.07) is 3.02. The van der Waals surface area contributed by atoms with Crippen molar-refractivity contribution < 1.29 is 18.8 Å². The van der Waals surface area contributed by atoms with Crippen molar-refractivity contribution in [1.82, 2.24) is 5.32 Å². The number of nitrogens with zero attached hydrogens (tertiary/aromatic N) is 1. The van der Waals surface area contributed by atoms with Crippen molar-refractivity contribution >= 4 is 11.6 Å². The smallest absolute Gasteiger partial charge is 0.313 e. The molecule has 1 aromatic carbocycles. The lowest BCUT2D eigenvalue weighted by atomic mass is 9.98. The van der Waals surface area contributed by atoms with Crippen LogP contribution in [0.2, 0.25) is 0 Å². The number of carbonyl (C=O) groups excluding carboxylic acids is 1. The molecule has 0 saturated heterocycles. The second-order valence-electron chi connectivity index (χ2n) is 4.41. The molecule has 3 N–H and O–H groups in total. The topological polar surface area (TPSA) is 107 Å². The lowest BCUT2D eigenvalue weighted by Crippen LogP contribution is -2.52. The van der Waals surface area contributed by atoms with Crippen molar-refractivity contribution in [1.29, 1.82) is 0 Å². The Labute approximate surface area is 115 Å². The minimum absolute atomic E-state index is 0.0206. The van der Waals surface area contributed by atoms with Crippen LogP contribution in [0.5, 0.6) is 5.75 Å². The third-order valence-corrected chi connectivity index (χ3v) is 3.07. The number of hydrogen-bond acceptors (Lipinski definition) is 5. The summed E-state index contributed by atoms with van der Waals surface area (Å²) >= 11 is 0. The molecule has 7 nitrogen and oxygen atoms in total. The van der Waals surface area contributed by atoms with Crippen molar-refractivity contribution in [2.24, 2.45) is 5.73 Å². The molecule has 20 heavy (non-hydrogen) atoms. The zero-order valence-electron chi connectivity index (χ0n) is 11.2. The van der Waals surface area contributed by atoms with Gasteiger partial charge in [-0.25, -0.2) is 4.39 Å². The highest BCUT2D eigenvalue weighted by Crippen LogP contribution is 2.27. The van der Waals surface area contributed by atoms with Crippen LogP contribution in [0.3, 0.4) is 0 Å². The first-order chi connectivity index (χ1) is 9.30. The first-order valence-corrected chi connectivity index (χ1v) is 5.85. The molecule has 0 aromatic heterocycles. The first kappa shape index (κ1) is 15.8. The van der Waals surface area contributed by atoms with E-state index in [-0.39, 0.29) is 18.8 Å². The Morgan fingerprint density at radius 2 is 2.25 bits per heavy atom. The molecule has 8 heteroatoms. The molecule has 1 unspecified atom stereocenters. The molecule has 0 bridgehead atoms. The molecule has 0 aliphatic carbocycles. The number of likely N-dealkylation sites (N-methyl/N-ethyl adjacent to an activating group) is 1. The number of nitrogens with one attached hydrogen (secondary N) is 1. The number of amides is 1. The second kappa shape index (κ2) is 6.29. The van der Waals surface area contributed by atoms with E-state index in [1.54, 1.807) is 14.0 Å². The van der Waals surface area contributed by atoms with Gasteiger partial charge in [0, 0.05) is 6.42 Å². The highest BCUT2D eigenvalue weighted by atomic mass is 19.1. The number of primary amides is 1. The molecule has 0 aliphatic rings. The maximum absolute atomic E-state index is 12.9. The van der Waals surface area contributed by atoms with Gasteiger partial charge in [-0.2, -0.15) is 0 Å². The maximum Gasteiger partial charge on any atom is 0.313 e. The average Bonchev–Trinajstić information content (AvgIpc) is 2.39. The predicted octanol–water partition coefficient (Wildman–Crippen LogP) is 0.966. The van der Waals surface area contributed by atoms with Gasteiger partial charge in [-0.05, 0) is 26.1 Å². The number of nitrogens with two attached hydrogens (primary N) is 1. The molecule has 0 saturated carbocycles. The van der Waals surface area contributed by atoms with Gasteiger partial charge < -0.3 is 15.8 Å². The molecule has 110 valence electrons. The predicted molar refractivity (Wildman–Crippen MR) is 69.8 cm³/mol. The number of benzene rings is 1. The Morgan fingerprint density at radius 1 is 1.60 bits per heavy atom. The summed E-state index contributed by atoms with van der Waals surface area (Å²) in [6.45, 7) is 1.62. The van der Waals surface area contributed by atoms with E-state index in [1.807, 2.05) is 0 Å². The van der Waals surface area contributed by atoms with E-state index < -0.39 is 27.9 Å². The van der Waals surface area contributed by atoms with Crippen LogP contribution >= 0.6 is 0 Å². The Bertz CT molecular complexity index is 523. The van der Waals surface area contributed by atoms with Crippen molar-refractivity contribution in [3.8, 4) is 5.75 Å². The molecular weight excluding hydrogens is 269 g/mol. The molecule has 0 heterocycles. The molecule has 0 spiro atoms. The fourth-order valence-corrected chi connectivity index (χ4v) is 1.49. The molecule has 1 amide bonds. The molecule has 1 aromatic rings. The van der Waals surface area contributed by atoms with E-state index >= 15 is 0 Å². The number of nitro groups is 1. The molecule has 0 radical (unpaired) electrons. The van der Waals surface area contributed by atoms with Crippen molar-refractivity contribution in [2.45, 2.75) is 18.9 Å². The van der Waals surface area contributed by atoms with Gasteiger partial charge in [0.05, 0.1) is 23.1 Å². The third-order valence-electron chi connectivity index (χ3n) is 3.07. The maximum atomic E-state index is 12.9. The van der Waals surface area contributed by atoms with Crippen LogP contribution in [-0.2, 0) is 4.79 Å². The van der Waals surface area contributed by atoms with E-state index in [0.717, 1.165) is 12.1 Å². The quantitative estimate of drug-likeness (QED) is 0.573. The minimum atomic E-state index is -0.977. The number of nitro benzene ring substituents is 1. The summed E-state index contributed by atoms with van der Waals surface area (Å²) in [4.78, 5) is 21.3. The molecule has 1 rings (SSSR count). The van der Waals surface area contributed by atoms with Gasteiger partial charge in [-0.3, -0.25) is 14.9 Å². The van der Waals surface area contributed by atoms with Gasteiger partial charge in [0.25, 0.3) is 0 Å². The van der Waals surface area contributed by atoms with Crippen molar-refractivity contribution in [3.05, 3.63) is 34.1 Å². The number of halogens is 1. The minimum Gasteiger partial charge on any atom is -0.487 e. The van der Waals surface area contributed by atoms with E-state index in [0.29, 0.717) is 0 Å². The number of rotatable bonds is 7. The zero-order chi connectivity index (χ0) is 15.3. The van der Waals surface area contributed by atoms with Crippen LogP contribution in [0.4, 0.5) is 10.1 Å². The Hall–Kier alpha value is -2.22. The van der Waals surface area contributed by atoms with Crippen molar-refractivity contribution in [3.63, 3.8) is 0 Å². The van der Waals surface area contributed by atoms with Crippen LogP contribution in [0, 0.1) is 15.9 Å². The molecule has 0 aliphatic heterocycles. The van der Waals surface area contributed by atoms with Crippen LogP contribution < -0.4 is 15.8 Å². The summed E-state index contributed by atoms with van der Waals surface area (Å²) in [6.07, 6.45) is 0.216. The lowest BCUT2D eigenvalue weighted by Gasteiger charge is -2.25. The van der Waals surface area contributed by atoms with E-state index in [2.05, 4.69) is 5.32 Å². The SMILES string of the molecule is CNC(C)(CCOc1ccc(F)cc1[N+](=O)[O-])C(N)=O. The molecular formula is C12H16FN3O4. The normalized spacial score (nSPS) is 13.6. The standard InChI is InChI=1S/C12H16FN3O4/c1-12(15-2,11(14)17)5-6-20-10-4-3-8(13)7-9(10)16(18)19/h3-4,7,15H,5-6H2,1-2H3,(H2,14,17). The zero-order valence-corrected chi connectivity index (χ0v) is 11.2. The van der Waals surface area contributed by atoms with Crippen LogP contribution in [0.15, 0.2) is 18.2 Å². The summed E-state index contributed by atoms with van der Waals surface area (Å²) in [7, 11) is 1.57. The van der Waals surface area contributed by atoms with E-state index in [9.17, 15) is 19.3 Å². The van der Waals surface area contributed by atoms with Crippen LogP contribution in [-0.4, -0.2) is 30.0 Å². The average molecular weight is 285 g/mol. The number of hydrogen-bond donors (Lipinski definition) is 2. The Kier molecular flexibility index (Phi) is 4.98. The fraction of sp³-hybridized carbons (Fsp3) is 0.417. The van der Waals surface area contributed by atoms with Gasteiger partial charge >= 0.3 is 5.69 Å². The van der Waals surface area contributed by atoms with Gasteiger partial charge in [-0.1, -0.05) is 0 Å².